The van der Waals surface area contributed by atoms with E-state index in [4.69, 9.17) is 0 Å². The van der Waals surface area contributed by atoms with Crippen LogP contribution in [0, 0.1) is 20.2 Å². The fourth-order valence-electron chi connectivity index (χ4n) is 3.19. The highest BCUT2D eigenvalue weighted by molar-refractivity contribution is 5.95. The second-order valence-electron chi connectivity index (χ2n) is 7.18. The maximum Gasteiger partial charge on any atom is 0.356 e. The van der Waals surface area contributed by atoms with E-state index in [1.807, 2.05) is 60.7 Å². The minimum Gasteiger partial charge on any atom is -0.276 e. The van der Waals surface area contributed by atoms with Crippen LogP contribution in [0.2, 0.25) is 0 Å². The summed E-state index contributed by atoms with van der Waals surface area (Å²) in [5.74, 6) is -1.08. The number of hydrogen-bond donors (Lipinski definition) is 3. The van der Waals surface area contributed by atoms with Gasteiger partial charge in [0.25, 0.3) is 11.6 Å². The molecule has 1 amide bonds. The number of benzene rings is 3. The molecule has 0 aliphatic heterocycles. The van der Waals surface area contributed by atoms with E-state index in [0.29, 0.717) is 11.4 Å². The van der Waals surface area contributed by atoms with Crippen molar-refractivity contribution >= 4 is 40.3 Å². The number of hydrogen-bond acceptors (Lipinski definition) is 10. The van der Waals surface area contributed by atoms with E-state index in [-0.39, 0.29) is 22.9 Å². The number of para-hydroxylation sites is 2. The first-order chi connectivity index (χ1) is 17.4. The molecule has 3 aromatic carbocycles. The smallest absolute Gasteiger partial charge is 0.276 e. The van der Waals surface area contributed by atoms with Crippen LogP contribution in [0.1, 0.15) is 10.4 Å². The zero-order valence-electron chi connectivity index (χ0n) is 18.4. The van der Waals surface area contributed by atoms with E-state index >= 15 is 0 Å². The summed E-state index contributed by atoms with van der Waals surface area (Å²) in [7, 11) is 0. The summed E-state index contributed by atoms with van der Waals surface area (Å²) in [6.45, 7) is 0. The van der Waals surface area contributed by atoms with Crippen molar-refractivity contribution < 1.29 is 14.6 Å². The monoisotopic (exact) mass is 486 g/mol. The molecule has 13 nitrogen and oxygen atoms in total. The molecule has 4 rings (SSSR count). The normalized spacial score (nSPS) is 10.2. The molecule has 0 unspecified atom stereocenters. The third kappa shape index (κ3) is 5.31. The molecule has 0 spiro atoms. The largest absolute Gasteiger partial charge is 0.356 e. The van der Waals surface area contributed by atoms with Gasteiger partial charge in [0.05, 0.1) is 21.2 Å². The Morgan fingerprint density at radius 3 is 1.83 bits per heavy atom. The molecule has 0 fully saturated rings. The summed E-state index contributed by atoms with van der Waals surface area (Å²) in [6.07, 6.45) is 1.10. The van der Waals surface area contributed by atoms with Crippen molar-refractivity contribution in [1.29, 1.82) is 0 Å². The van der Waals surface area contributed by atoms with Gasteiger partial charge in [-0.25, -0.2) is 9.97 Å². The second kappa shape index (κ2) is 10.6. The van der Waals surface area contributed by atoms with Gasteiger partial charge in [-0.15, -0.1) is 0 Å². The molecular weight excluding hydrogens is 468 g/mol. The molecule has 36 heavy (non-hydrogen) atoms. The average Bonchev–Trinajstić information content (AvgIpc) is 2.91. The minimum absolute atomic E-state index is 0.0995. The molecule has 4 aromatic rings. The number of amides is 1. The quantitative estimate of drug-likeness (QED) is 0.230. The van der Waals surface area contributed by atoms with E-state index in [1.54, 1.807) is 5.01 Å². The number of nitro benzene ring substituents is 1. The lowest BCUT2D eigenvalue weighted by Gasteiger charge is -2.26. The lowest BCUT2D eigenvalue weighted by atomic mass is 10.2. The summed E-state index contributed by atoms with van der Waals surface area (Å²) in [5.41, 5.74) is 8.50. The lowest BCUT2D eigenvalue weighted by molar-refractivity contribution is -0.384. The van der Waals surface area contributed by atoms with Gasteiger partial charge in [0.15, 0.2) is 0 Å². The van der Waals surface area contributed by atoms with Gasteiger partial charge in [0, 0.05) is 17.7 Å². The van der Waals surface area contributed by atoms with Crippen molar-refractivity contribution in [2.45, 2.75) is 0 Å². The van der Waals surface area contributed by atoms with Gasteiger partial charge in [-0.1, -0.05) is 36.4 Å². The first-order valence-corrected chi connectivity index (χ1v) is 10.4. The highest BCUT2D eigenvalue weighted by Crippen LogP contribution is 2.32. The Bertz CT molecular complexity index is 1350. The molecule has 0 bridgehead atoms. The predicted molar refractivity (Wildman–Crippen MR) is 132 cm³/mol. The molecular formula is C23H18N8O5. The highest BCUT2D eigenvalue weighted by atomic mass is 16.6. The predicted octanol–water partition coefficient (Wildman–Crippen LogP) is 4.22. The number of rotatable bonds is 9. The van der Waals surface area contributed by atoms with Crippen molar-refractivity contribution in [3.63, 3.8) is 0 Å². The maximum absolute atomic E-state index is 12.4. The molecule has 1 heterocycles. The van der Waals surface area contributed by atoms with E-state index in [1.165, 1.54) is 24.3 Å². The van der Waals surface area contributed by atoms with Crippen LogP contribution in [0.3, 0.4) is 0 Å². The van der Waals surface area contributed by atoms with Crippen molar-refractivity contribution in [2.24, 2.45) is 0 Å². The standard InChI is InChI=1S/C23H18N8O5/c32-23(16-11-13-19(14-12-16)30(33)34)27-26-21-20(31(35)36)22(25-15-24-21)28-29(17-7-3-1-4-8-17)18-9-5-2-6-10-18/h1-15H,(H,27,32)(H2,24,25,26,28). The third-order valence-corrected chi connectivity index (χ3v) is 4.89. The van der Waals surface area contributed by atoms with Gasteiger partial charge in [-0.05, 0) is 36.4 Å². The van der Waals surface area contributed by atoms with Gasteiger partial charge in [-0.3, -0.25) is 46.3 Å². The van der Waals surface area contributed by atoms with Crippen molar-refractivity contribution in [3.8, 4) is 0 Å². The van der Waals surface area contributed by atoms with Crippen LogP contribution in [0.15, 0.2) is 91.3 Å². The molecule has 0 atom stereocenters. The zero-order chi connectivity index (χ0) is 25.5. The molecule has 13 heteroatoms. The number of carbonyl (C=O) groups is 1. The second-order valence-corrected chi connectivity index (χ2v) is 7.18. The number of carbonyl (C=O) groups excluding carboxylic acids is 1. The van der Waals surface area contributed by atoms with Gasteiger partial charge < -0.3 is 0 Å². The summed E-state index contributed by atoms with van der Waals surface area (Å²) >= 11 is 0. The SMILES string of the molecule is O=C(NNc1ncnc(NN(c2ccccc2)c2ccccc2)c1[N+](=O)[O-])c1ccc([N+](=O)[O-])cc1. The fourth-order valence-corrected chi connectivity index (χ4v) is 3.19. The molecule has 0 radical (unpaired) electrons. The van der Waals surface area contributed by atoms with Crippen LogP contribution in [0.25, 0.3) is 0 Å². The Morgan fingerprint density at radius 2 is 1.31 bits per heavy atom. The van der Waals surface area contributed by atoms with E-state index in [9.17, 15) is 25.0 Å². The van der Waals surface area contributed by atoms with Crippen LogP contribution in [-0.2, 0) is 0 Å². The topological polar surface area (TPSA) is 168 Å². The first-order valence-electron chi connectivity index (χ1n) is 10.4. The lowest BCUT2D eigenvalue weighted by Crippen LogP contribution is -2.31. The Morgan fingerprint density at radius 1 is 0.750 bits per heavy atom. The van der Waals surface area contributed by atoms with Crippen LogP contribution >= 0.6 is 0 Å². The fraction of sp³-hybridized carbons (Fsp3) is 0. The van der Waals surface area contributed by atoms with Gasteiger partial charge in [0.2, 0.25) is 11.6 Å². The van der Waals surface area contributed by atoms with E-state index in [0.717, 1.165) is 6.33 Å². The first kappa shape index (κ1) is 23.6. The molecule has 3 N–H and O–H groups in total. The van der Waals surface area contributed by atoms with Crippen LogP contribution in [0.5, 0.6) is 0 Å². The molecule has 0 saturated carbocycles. The maximum atomic E-state index is 12.4. The van der Waals surface area contributed by atoms with E-state index < -0.39 is 21.4 Å². The van der Waals surface area contributed by atoms with Crippen LogP contribution < -0.4 is 21.3 Å². The van der Waals surface area contributed by atoms with Crippen LogP contribution in [0.4, 0.5) is 34.4 Å². The number of nitro groups is 2. The minimum atomic E-state index is -0.684. The van der Waals surface area contributed by atoms with Crippen molar-refractivity contribution in [1.82, 2.24) is 15.4 Å². The Labute approximate surface area is 203 Å². The number of aromatic nitrogens is 2. The van der Waals surface area contributed by atoms with E-state index in [2.05, 4.69) is 26.2 Å². The Hall–Kier alpha value is -5.59. The van der Waals surface area contributed by atoms with Crippen molar-refractivity contribution in [2.75, 3.05) is 15.9 Å². The number of nitrogens with one attached hydrogen (secondary N) is 3. The Kier molecular flexibility index (Phi) is 6.91. The number of nitrogens with zero attached hydrogens (tertiary/aromatic N) is 5. The van der Waals surface area contributed by atoms with Crippen molar-refractivity contribution in [3.05, 3.63) is 117 Å². The Balaban J connectivity index is 1.60. The molecule has 1 aromatic heterocycles. The summed E-state index contributed by atoms with van der Waals surface area (Å²) in [6, 6.07) is 23.1. The van der Waals surface area contributed by atoms with Gasteiger partial charge in [-0.2, -0.15) is 0 Å². The number of non-ortho nitro benzene ring substituents is 1. The van der Waals surface area contributed by atoms with Gasteiger partial charge >= 0.3 is 5.69 Å². The molecule has 180 valence electrons. The molecule has 0 aliphatic carbocycles. The third-order valence-electron chi connectivity index (χ3n) is 4.89. The number of anilines is 4. The molecule has 0 saturated heterocycles. The average molecular weight is 486 g/mol. The van der Waals surface area contributed by atoms with Gasteiger partial charge in [0.1, 0.15) is 6.33 Å². The number of hydrazine groups is 2. The highest BCUT2D eigenvalue weighted by Gasteiger charge is 2.26. The summed E-state index contributed by atoms with van der Waals surface area (Å²) in [5, 5.41) is 24.4. The summed E-state index contributed by atoms with van der Waals surface area (Å²) in [4.78, 5) is 41.8. The van der Waals surface area contributed by atoms with Crippen LogP contribution in [-0.4, -0.2) is 25.7 Å². The zero-order valence-corrected chi connectivity index (χ0v) is 18.4. The summed E-state index contributed by atoms with van der Waals surface area (Å²) < 4.78 is 0. The molecule has 0 aliphatic rings.